The highest BCUT2D eigenvalue weighted by atomic mass is 32.2. The highest BCUT2D eigenvalue weighted by Crippen LogP contribution is 2.23. The first kappa shape index (κ1) is 21.5. The Labute approximate surface area is 190 Å². The Balaban J connectivity index is 1.46. The van der Waals surface area contributed by atoms with Crippen molar-refractivity contribution in [2.24, 2.45) is 0 Å². The Morgan fingerprint density at radius 2 is 1.59 bits per heavy atom. The maximum absolute atomic E-state index is 12.5. The number of ether oxygens (including phenoxy) is 1. The third-order valence-corrected chi connectivity index (χ3v) is 5.57. The number of hydrogen-bond donors (Lipinski definition) is 2. The summed E-state index contributed by atoms with van der Waals surface area (Å²) in [5, 5.41) is 15.6. The van der Waals surface area contributed by atoms with E-state index < -0.39 is 0 Å². The van der Waals surface area contributed by atoms with Gasteiger partial charge in [0, 0.05) is 17.1 Å². The molecule has 0 aliphatic carbocycles. The number of carbonyl (C=O) groups is 1. The minimum absolute atomic E-state index is 0.119. The summed E-state index contributed by atoms with van der Waals surface area (Å²) in [6.07, 6.45) is 0. The van der Waals surface area contributed by atoms with Crippen LogP contribution in [0.15, 0.2) is 90.1 Å². The summed E-state index contributed by atoms with van der Waals surface area (Å²) < 4.78 is 7.12. The Bertz CT molecular complexity index is 1150. The van der Waals surface area contributed by atoms with Gasteiger partial charge in [-0.25, -0.2) is 0 Å². The Hall–Kier alpha value is -3.78. The van der Waals surface area contributed by atoms with E-state index in [1.165, 1.54) is 11.8 Å². The minimum atomic E-state index is -0.119. The number of para-hydroxylation sites is 2. The van der Waals surface area contributed by atoms with Crippen LogP contribution in [0.3, 0.4) is 0 Å². The summed E-state index contributed by atoms with van der Waals surface area (Å²) in [5.74, 6) is 1.60. The predicted molar refractivity (Wildman–Crippen MR) is 127 cm³/mol. The van der Waals surface area contributed by atoms with Gasteiger partial charge in [-0.05, 0) is 48.5 Å². The highest BCUT2D eigenvalue weighted by molar-refractivity contribution is 7.99. The van der Waals surface area contributed by atoms with Crippen LogP contribution in [0.2, 0.25) is 0 Å². The first-order valence-electron chi connectivity index (χ1n) is 10.1. The number of methoxy groups -OCH3 is 1. The van der Waals surface area contributed by atoms with Crippen LogP contribution in [-0.2, 0) is 11.3 Å². The highest BCUT2D eigenvalue weighted by Gasteiger charge is 2.16. The van der Waals surface area contributed by atoms with Crippen molar-refractivity contribution in [1.82, 2.24) is 14.8 Å². The molecule has 162 valence electrons. The van der Waals surface area contributed by atoms with Gasteiger partial charge in [-0.3, -0.25) is 9.36 Å². The zero-order valence-electron chi connectivity index (χ0n) is 17.6. The smallest absolute Gasteiger partial charge is 0.234 e. The normalized spacial score (nSPS) is 10.5. The Morgan fingerprint density at radius 3 is 2.28 bits per heavy atom. The van der Waals surface area contributed by atoms with Gasteiger partial charge in [-0.1, -0.05) is 48.2 Å². The summed E-state index contributed by atoms with van der Waals surface area (Å²) >= 11 is 1.34. The summed E-state index contributed by atoms with van der Waals surface area (Å²) in [6.45, 7) is 0.504. The monoisotopic (exact) mass is 445 g/mol. The summed E-state index contributed by atoms with van der Waals surface area (Å²) in [6, 6.07) is 27.1. The zero-order chi connectivity index (χ0) is 22.2. The topological polar surface area (TPSA) is 81.1 Å². The molecule has 0 radical (unpaired) electrons. The van der Waals surface area contributed by atoms with Crippen molar-refractivity contribution in [1.29, 1.82) is 0 Å². The second-order valence-electron chi connectivity index (χ2n) is 6.85. The number of benzene rings is 3. The molecule has 0 saturated heterocycles. The van der Waals surface area contributed by atoms with Crippen LogP contribution in [0, 0.1) is 0 Å². The average Bonchev–Trinajstić information content (AvgIpc) is 3.26. The number of carbonyl (C=O) groups excluding carboxylic acids is 1. The molecule has 0 fully saturated rings. The van der Waals surface area contributed by atoms with Crippen LogP contribution in [0.1, 0.15) is 5.82 Å². The molecule has 0 aliphatic heterocycles. The molecule has 0 aliphatic rings. The molecule has 7 nitrogen and oxygen atoms in total. The fourth-order valence-electron chi connectivity index (χ4n) is 3.08. The molecule has 0 bridgehead atoms. The maximum Gasteiger partial charge on any atom is 0.234 e. The standard InChI is InChI=1S/C24H23N5O2S/c1-31-21-14-12-19(13-15-21)26-23(30)17-32-24-28-27-22(16-25-18-8-4-2-5-9-18)29(24)20-10-6-3-7-11-20/h2-15,25H,16-17H2,1H3,(H,26,30). The number of thioether (sulfide) groups is 1. The molecule has 0 spiro atoms. The van der Waals surface area contributed by atoms with Gasteiger partial charge in [0.25, 0.3) is 0 Å². The van der Waals surface area contributed by atoms with Gasteiger partial charge in [0.1, 0.15) is 5.75 Å². The van der Waals surface area contributed by atoms with Gasteiger partial charge < -0.3 is 15.4 Å². The lowest BCUT2D eigenvalue weighted by atomic mass is 10.3. The van der Waals surface area contributed by atoms with E-state index in [0.717, 1.165) is 22.9 Å². The molecule has 8 heteroatoms. The van der Waals surface area contributed by atoms with E-state index in [4.69, 9.17) is 4.74 Å². The molecule has 0 unspecified atom stereocenters. The van der Waals surface area contributed by atoms with E-state index >= 15 is 0 Å². The SMILES string of the molecule is COc1ccc(NC(=O)CSc2nnc(CNc3ccccc3)n2-c2ccccc2)cc1. The number of nitrogens with one attached hydrogen (secondary N) is 2. The van der Waals surface area contributed by atoms with Crippen LogP contribution in [-0.4, -0.2) is 33.5 Å². The minimum Gasteiger partial charge on any atom is -0.497 e. The van der Waals surface area contributed by atoms with E-state index in [-0.39, 0.29) is 11.7 Å². The van der Waals surface area contributed by atoms with Gasteiger partial charge in [0.05, 0.1) is 19.4 Å². The molecule has 4 rings (SSSR count). The summed E-state index contributed by atoms with van der Waals surface area (Å²) in [5.41, 5.74) is 2.66. The lowest BCUT2D eigenvalue weighted by Crippen LogP contribution is -2.14. The molecule has 1 aromatic heterocycles. The number of anilines is 2. The van der Waals surface area contributed by atoms with E-state index in [9.17, 15) is 4.79 Å². The molecule has 4 aromatic rings. The van der Waals surface area contributed by atoms with E-state index in [1.807, 2.05) is 65.2 Å². The van der Waals surface area contributed by atoms with Crippen molar-refractivity contribution in [3.8, 4) is 11.4 Å². The first-order chi connectivity index (χ1) is 15.7. The molecule has 32 heavy (non-hydrogen) atoms. The Kier molecular flexibility index (Phi) is 7.04. The maximum atomic E-state index is 12.5. The molecule has 0 atom stereocenters. The first-order valence-corrected chi connectivity index (χ1v) is 11.1. The molecular formula is C24H23N5O2S. The van der Waals surface area contributed by atoms with Crippen LogP contribution in [0.5, 0.6) is 5.75 Å². The fourth-order valence-corrected chi connectivity index (χ4v) is 3.85. The van der Waals surface area contributed by atoms with Gasteiger partial charge in [-0.2, -0.15) is 0 Å². The molecule has 1 amide bonds. The molecule has 2 N–H and O–H groups in total. The van der Waals surface area contributed by atoms with Gasteiger partial charge in [0.15, 0.2) is 11.0 Å². The Morgan fingerprint density at radius 1 is 0.906 bits per heavy atom. The van der Waals surface area contributed by atoms with Crippen LogP contribution in [0.4, 0.5) is 11.4 Å². The predicted octanol–water partition coefficient (Wildman–Crippen LogP) is 4.62. The average molecular weight is 446 g/mol. The number of hydrogen-bond acceptors (Lipinski definition) is 6. The third-order valence-electron chi connectivity index (χ3n) is 4.65. The second-order valence-corrected chi connectivity index (χ2v) is 7.80. The van der Waals surface area contributed by atoms with Crippen LogP contribution in [0.25, 0.3) is 5.69 Å². The van der Waals surface area contributed by atoms with Crippen molar-refractivity contribution >= 4 is 29.0 Å². The van der Waals surface area contributed by atoms with Crippen molar-refractivity contribution < 1.29 is 9.53 Å². The fraction of sp³-hybridized carbons (Fsp3) is 0.125. The van der Waals surface area contributed by atoms with Gasteiger partial charge >= 0.3 is 0 Å². The van der Waals surface area contributed by atoms with Crippen molar-refractivity contribution in [2.45, 2.75) is 11.7 Å². The van der Waals surface area contributed by atoms with E-state index in [1.54, 1.807) is 31.4 Å². The van der Waals surface area contributed by atoms with Gasteiger partial charge in [-0.15, -0.1) is 10.2 Å². The van der Waals surface area contributed by atoms with Crippen LogP contribution < -0.4 is 15.4 Å². The molecular weight excluding hydrogens is 422 g/mol. The largest absolute Gasteiger partial charge is 0.497 e. The number of rotatable bonds is 9. The van der Waals surface area contributed by atoms with E-state index in [0.29, 0.717) is 17.4 Å². The number of amides is 1. The second kappa shape index (κ2) is 10.5. The third kappa shape index (κ3) is 5.47. The lowest BCUT2D eigenvalue weighted by Gasteiger charge is -2.11. The molecule has 1 heterocycles. The summed E-state index contributed by atoms with van der Waals surface area (Å²) in [7, 11) is 1.61. The molecule has 3 aromatic carbocycles. The van der Waals surface area contributed by atoms with Crippen LogP contribution >= 0.6 is 11.8 Å². The van der Waals surface area contributed by atoms with Crippen molar-refractivity contribution in [2.75, 3.05) is 23.5 Å². The molecule has 0 saturated carbocycles. The summed E-state index contributed by atoms with van der Waals surface area (Å²) in [4.78, 5) is 12.5. The zero-order valence-corrected chi connectivity index (χ0v) is 18.4. The lowest BCUT2D eigenvalue weighted by molar-refractivity contribution is -0.113. The van der Waals surface area contributed by atoms with Crippen molar-refractivity contribution in [3.05, 3.63) is 90.8 Å². The van der Waals surface area contributed by atoms with Gasteiger partial charge in [0.2, 0.25) is 5.91 Å². The van der Waals surface area contributed by atoms with Crippen molar-refractivity contribution in [3.63, 3.8) is 0 Å². The van der Waals surface area contributed by atoms with E-state index in [2.05, 4.69) is 20.8 Å². The quantitative estimate of drug-likeness (QED) is 0.366. The number of aromatic nitrogens is 3. The number of nitrogens with zero attached hydrogens (tertiary/aromatic N) is 3.